The van der Waals surface area contributed by atoms with E-state index in [0.29, 0.717) is 0 Å². The predicted molar refractivity (Wildman–Crippen MR) is 88.9 cm³/mol. The molecule has 1 aromatic carbocycles. The van der Waals surface area contributed by atoms with E-state index in [1.54, 1.807) is 12.1 Å². The van der Waals surface area contributed by atoms with Gasteiger partial charge < -0.3 is 10.6 Å². The Morgan fingerprint density at radius 2 is 1.83 bits per heavy atom. The average molecular weight is 331 g/mol. The topological polar surface area (TPSA) is 93.0 Å². The Labute approximate surface area is 138 Å². The van der Waals surface area contributed by atoms with Gasteiger partial charge in [0, 0.05) is 6.04 Å². The second-order valence-electron chi connectivity index (χ2n) is 5.76. The quantitative estimate of drug-likeness (QED) is 0.635. The number of benzene rings is 1. The number of nitrogens with one attached hydrogen (secondary N) is 2. The van der Waals surface area contributed by atoms with Crippen molar-refractivity contribution in [2.45, 2.75) is 38.1 Å². The summed E-state index contributed by atoms with van der Waals surface area (Å²) >= 11 is 0. The summed E-state index contributed by atoms with van der Waals surface area (Å²) in [5, 5.41) is 17.3. The molecule has 0 saturated heterocycles. The maximum atomic E-state index is 13.8. The van der Waals surface area contributed by atoms with Gasteiger partial charge in [-0.05, 0) is 25.0 Å². The van der Waals surface area contributed by atoms with Gasteiger partial charge in [0.25, 0.3) is 0 Å². The second-order valence-corrected chi connectivity index (χ2v) is 5.76. The first-order valence-electron chi connectivity index (χ1n) is 7.92. The van der Waals surface area contributed by atoms with Gasteiger partial charge in [0.05, 0.1) is 10.6 Å². The van der Waals surface area contributed by atoms with E-state index in [9.17, 15) is 14.5 Å². The van der Waals surface area contributed by atoms with Crippen molar-refractivity contribution in [1.29, 1.82) is 0 Å². The lowest BCUT2D eigenvalue weighted by Crippen LogP contribution is -2.23. The molecule has 3 rings (SSSR count). The van der Waals surface area contributed by atoms with Crippen LogP contribution in [0.3, 0.4) is 0 Å². The van der Waals surface area contributed by atoms with Crippen molar-refractivity contribution in [2.24, 2.45) is 0 Å². The molecule has 2 aromatic rings. The Kier molecular flexibility index (Phi) is 4.83. The first-order chi connectivity index (χ1) is 11.6. The number of halogens is 1. The highest BCUT2D eigenvalue weighted by atomic mass is 19.1. The lowest BCUT2D eigenvalue weighted by molar-refractivity contribution is -0.383. The molecule has 1 aromatic heterocycles. The fraction of sp³-hybridized carbons (Fsp3) is 0.375. The van der Waals surface area contributed by atoms with E-state index < -0.39 is 10.7 Å². The molecule has 0 radical (unpaired) electrons. The summed E-state index contributed by atoms with van der Waals surface area (Å²) in [4.78, 5) is 18.9. The Morgan fingerprint density at radius 3 is 2.54 bits per heavy atom. The number of para-hydroxylation sites is 1. The minimum atomic E-state index is -0.547. The highest BCUT2D eigenvalue weighted by Crippen LogP contribution is 2.33. The smallest absolute Gasteiger partial charge is 0.353 e. The van der Waals surface area contributed by atoms with Gasteiger partial charge in [-0.1, -0.05) is 31.4 Å². The van der Waals surface area contributed by atoms with Crippen LogP contribution in [0.4, 0.5) is 27.4 Å². The lowest BCUT2D eigenvalue weighted by Gasteiger charge is -2.23. The Bertz CT molecular complexity index is 734. The van der Waals surface area contributed by atoms with E-state index in [1.807, 2.05) is 0 Å². The van der Waals surface area contributed by atoms with Crippen LogP contribution in [0, 0.1) is 15.9 Å². The predicted octanol–water partition coefficient (Wildman–Crippen LogP) is 4.01. The van der Waals surface area contributed by atoms with Gasteiger partial charge in [-0.15, -0.1) is 0 Å². The second kappa shape index (κ2) is 7.20. The van der Waals surface area contributed by atoms with Gasteiger partial charge in [-0.3, -0.25) is 10.1 Å². The van der Waals surface area contributed by atoms with Crippen molar-refractivity contribution in [2.75, 3.05) is 10.6 Å². The SMILES string of the molecule is O=[N+]([O-])c1c(Nc2ccccc2F)ncnc1NC1CCCCC1. The zero-order valence-corrected chi connectivity index (χ0v) is 13.0. The molecule has 0 spiro atoms. The molecule has 1 saturated carbocycles. The number of aromatic nitrogens is 2. The molecule has 0 atom stereocenters. The first kappa shape index (κ1) is 16.1. The first-order valence-corrected chi connectivity index (χ1v) is 7.92. The number of nitro groups is 1. The Balaban J connectivity index is 1.90. The van der Waals surface area contributed by atoms with Gasteiger partial charge in [0.2, 0.25) is 11.6 Å². The van der Waals surface area contributed by atoms with Crippen molar-refractivity contribution in [3.8, 4) is 0 Å². The Morgan fingerprint density at radius 1 is 1.12 bits per heavy atom. The van der Waals surface area contributed by atoms with Crippen LogP contribution in [0.2, 0.25) is 0 Å². The zero-order chi connectivity index (χ0) is 16.9. The molecule has 8 heteroatoms. The van der Waals surface area contributed by atoms with Crippen LogP contribution in [-0.4, -0.2) is 20.9 Å². The maximum absolute atomic E-state index is 13.8. The molecule has 0 aliphatic heterocycles. The van der Waals surface area contributed by atoms with Crippen LogP contribution in [-0.2, 0) is 0 Å². The van der Waals surface area contributed by atoms with E-state index in [-0.39, 0.29) is 29.1 Å². The molecule has 1 heterocycles. The normalized spacial score (nSPS) is 15.0. The van der Waals surface area contributed by atoms with Gasteiger partial charge in [-0.2, -0.15) is 0 Å². The zero-order valence-electron chi connectivity index (χ0n) is 13.0. The van der Waals surface area contributed by atoms with Crippen LogP contribution in [0.15, 0.2) is 30.6 Å². The summed E-state index contributed by atoms with van der Waals surface area (Å²) in [6, 6.07) is 6.12. The molecule has 2 N–H and O–H groups in total. The van der Waals surface area contributed by atoms with Gasteiger partial charge in [-0.25, -0.2) is 14.4 Å². The molecule has 7 nitrogen and oxygen atoms in total. The highest BCUT2D eigenvalue weighted by molar-refractivity contribution is 5.74. The monoisotopic (exact) mass is 331 g/mol. The number of hydrogen-bond donors (Lipinski definition) is 2. The van der Waals surface area contributed by atoms with Gasteiger partial charge >= 0.3 is 5.69 Å². The van der Waals surface area contributed by atoms with Crippen LogP contribution < -0.4 is 10.6 Å². The average Bonchev–Trinajstić information content (AvgIpc) is 2.58. The number of rotatable bonds is 5. The summed E-state index contributed by atoms with van der Waals surface area (Å²) in [7, 11) is 0. The minimum absolute atomic E-state index is 0.0293. The summed E-state index contributed by atoms with van der Waals surface area (Å²) in [5.41, 5.74) is -0.144. The van der Waals surface area contributed by atoms with Crippen LogP contribution in [0.25, 0.3) is 0 Å². The van der Waals surface area contributed by atoms with Gasteiger partial charge in [0.1, 0.15) is 12.1 Å². The molecule has 0 bridgehead atoms. The third kappa shape index (κ3) is 3.58. The van der Waals surface area contributed by atoms with Crippen LogP contribution in [0.1, 0.15) is 32.1 Å². The Hall–Kier alpha value is -2.77. The van der Waals surface area contributed by atoms with Crippen molar-refractivity contribution in [3.05, 3.63) is 46.5 Å². The third-order valence-corrected chi connectivity index (χ3v) is 4.08. The van der Waals surface area contributed by atoms with Crippen LogP contribution in [0.5, 0.6) is 0 Å². The molecule has 1 aliphatic carbocycles. The van der Waals surface area contributed by atoms with E-state index >= 15 is 0 Å². The highest BCUT2D eigenvalue weighted by Gasteiger charge is 2.26. The fourth-order valence-corrected chi connectivity index (χ4v) is 2.88. The maximum Gasteiger partial charge on any atom is 0.353 e. The molecule has 126 valence electrons. The van der Waals surface area contributed by atoms with E-state index in [2.05, 4.69) is 20.6 Å². The van der Waals surface area contributed by atoms with Crippen molar-refractivity contribution >= 4 is 23.0 Å². The minimum Gasteiger partial charge on any atom is -0.361 e. The third-order valence-electron chi connectivity index (χ3n) is 4.08. The molecular weight excluding hydrogens is 313 g/mol. The van der Waals surface area contributed by atoms with Crippen LogP contribution >= 0.6 is 0 Å². The molecular formula is C16H18FN5O2. The number of hydrogen-bond acceptors (Lipinski definition) is 6. The van der Waals surface area contributed by atoms with Crippen molar-refractivity contribution in [1.82, 2.24) is 9.97 Å². The molecule has 0 unspecified atom stereocenters. The standard InChI is InChI=1S/C16H18FN5O2/c17-12-8-4-5-9-13(12)21-16-14(22(23)24)15(18-10-19-16)20-11-6-2-1-3-7-11/h4-5,8-11H,1-3,6-7H2,(H2,18,19,20,21). The number of anilines is 3. The largest absolute Gasteiger partial charge is 0.361 e. The molecule has 24 heavy (non-hydrogen) atoms. The lowest BCUT2D eigenvalue weighted by atomic mass is 9.95. The number of nitrogens with zero attached hydrogens (tertiary/aromatic N) is 3. The van der Waals surface area contributed by atoms with Crippen molar-refractivity contribution in [3.63, 3.8) is 0 Å². The summed E-state index contributed by atoms with van der Waals surface area (Å²) in [6.07, 6.45) is 6.52. The van der Waals surface area contributed by atoms with Crippen molar-refractivity contribution < 1.29 is 9.31 Å². The summed E-state index contributed by atoms with van der Waals surface area (Å²) < 4.78 is 13.8. The summed E-state index contributed by atoms with van der Waals surface area (Å²) in [5.74, 6) is -0.369. The fourth-order valence-electron chi connectivity index (χ4n) is 2.88. The molecule has 1 aliphatic rings. The van der Waals surface area contributed by atoms with Gasteiger partial charge in [0.15, 0.2) is 0 Å². The van der Waals surface area contributed by atoms with E-state index in [0.717, 1.165) is 25.7 Å². The van der Waals surface area contributed by atoms with E-state index in [1.165, 1.54) is 24.9 Å². The molecule has 1 fully saturated rings. The molecule has 0 amide bonds. The van der Waals surface area contributed by atoms with E-state index in [4.69, 9.17) is 0 Å². The summed E-state index contributed by atoms with van der Waals surface area (Å²) in [6.45, 7) is 0.